The van der Waals surface area contributed by atoms with Gasteiger partial charge in [0.2, 0.25) is 5.91 Å². The van der Waals surface area contributed by atoms with E-state index in [2.05, 4.69) is 10.3 Å². The number of carbonyl (C=O) groups excluding carboxylic acids is 1. The molecule has 1 aromatic carbocycles. The number of methoxy groups -OCH3 is 2. The van der Waals surface area contributed by atoms with Gasteiger partial charge in [-0.05, 0) is 6.42 Å². The van der Waals surface area contributed by atoms with E-state index >= 15 is 0 Å². The number of fused-ring (bicyclic) bond motifs is 1. The van der Waals surface area contributed by atoms with Crippen LogP contribution in [0.3, 0.4) is 0 Å². The van der Waals surface area contributed by atoms with Gasteiger partial charge in [0, 0.05) is 18.6 Å². The van der Waals surface area contributed by atoms with Crippen LogP contribution in [0.25, 0.3) is 10.2 Å². The Morgan fingerprint density at radius 1 is 1.32 bits per heavy atom. The molecule has 0 saturated heterocycles. The summed E-state index contributed by atoms with van der Waals surface area (Å²) in [5, 5.41) is 3.39. The smallest absolute Gasteiger partial charge is 0.226 e. The number of ether oxygens (including phenoxy) is 2. The van der Waals surface area contributed by atoms with Gasteiger partial charge in [-0.15, -0.1) is 0 Å². The molecule has 5 nitrogen and oxygen atoms in total. The van der Waals surface area contributed by atoms with Crippen LogP contribution in [0.1, 0.15) is 19.8 Å². The molecule has 0 saturated carbocycles. The Balaban J connectivity index is 2.32. The number of rotatable bonds is 5. The van der Waals surface area contributed by atoms with Crippen molar-refractivity contribution in [3.63, 3.8) is 0 Å². The molecule has 0 aliphatic carbocycles. The topological polar surface area (TPSA) is 60.5 Å². The van der Waals surface area contributed by atoms with Gasteiger partial charge in [-0.2, -0.15) is 0 Å². The molecule has 19 heavy (non-hydrogen) atoms. The van der Waals surface area contributed by atoms with Gasteiger partial charge in [0.25, 0.3) is 0 Å². The zero-order valence-electron chi connectivity index (χ0n) is 11.1. The molecule has 0 radical (unpaired) electrons. The van der Waals surface area contributed by atoms with E-state index in [1.54, 1.807) is 20.3 Å². The second-order valence-electron chi connectivity index (χ2n) is 3.99. The first kappa shape index (κ1) is 13.6. The number of aromatic nitrogens is 1. The first-order chi connectivity index (χ1) is 9.17. The number of nitrogens with one attached hydrogen (secondary N) is 1. The van der Waals surface area contributed by atoms with Crippen molar-refractivity contribution >= 4 is 32.6 Å². The van der Waals surface area contributed by atoms with Gasteiger partial charge in [0.15, 0.2) is 16.6 Å². The molecule has 102 valence electrons. The Labute approximate surface area is 115 Å². The van der Waals surface area contributed by atoms with Gasteiger partial charge in [0.05, 0.1) is 24.4 Å². The second kappa shape index (κ2) is 5.88. The van der Waals surface area contributed by atoms with Crippen molar-refractivity contribution in [2.24, 2.45) is 0 Å². The Hall–Kier alpha value is -1.82. The summed E-state index contributed by atoms with van der Waals surface area (Å²) in [5.41, 5.74) is 0.787. The summed E-state index contributed by atoms with van der Waals surface area (Å²) in [6.45, 7) is 1.97. The third kappa shape index (κ3) is 2.96. The molecule has 6 heteroatoms. The van der Waals surface area contributed by atoms with Crippen LogP contribution in [0.5, 0.6) is 11.5 Å². The predicted octanol–water partition coefficient (Wildman–Crippen LogP) is 3.05. The molecule has 1 aromatic heterocycles. The fraction of sp³-hybridized carbons (Fsp3) is 0.385. The predicted molar refractivity (Wildman–Crippen MR) is 76.3 cm³/mol. The van der Waals surface area contributed by atoms with E-state index in [9.17, 15) is 4.79 Å². The van der Waals surface area contributed by atoms with Gasteiger partial charge in [-0.3, -0.25) is 4.79 Å². The highest BCUT2D eigenvalue weighted by Gasteiger charge is 2.11. The van der Waals surface area contributed by atoms with E-state index in [4.69, 9.17) is 9.47 Å². The van der Waals surface area contributed by atoms with Crippen LogP contribution < -0.4 is 14.8 Å². The summed E-state index contributed by atoms with van der Waals surface area (Å²) in [6, 6.07) is 3.67. The Kier molecular flexibility index (Phi) is 4.21. The Morgan fingerprint density at radius 3 is 2.63 bits per heavy atom. The van der Waals surface area contributed by atoms with Crippen LogP contribution in [-0.2, 0) is 4.79 Å². The lowest BCUT2D eigenvalue weighted by Gasteiger charge is -2.05. The zero-order chi connectivity index (χ0) is 13.8. The summed E-state index contributed by atoms with van der Waals surface area (Å²) >= 11 is 1.42. The van der Waals surface area contributed by atoms with E-state index in [-0.39, 0.29) is 5.91 Å². The fourth-order valence-electron chi connectivity index (χ4n) is 1.72. The molecule has 0 aliphatic heterocycles. The maximum Gasteiger partial charge on any atom is 0.226 e. The largest absolute Gasteiger partial charge is 0.493 e. The van der Waals surface area contributed by atoms with E-state index in [0.29, 0.717) is 23.1 Å². The third-order valence-corrected chi connectivity index (χ3v) is 3.55. The van der Waals surface area contributed by atoms with Crippen LogP contribution in [0.15, 0.2) is 12.1 Å². The number of hydrogen-bond acceptors (Lipinski definition) is 5. The SMILES string of the molecule is CCCC(=O)Nc1nc2cc(OC)c(OC)cc2s1. The van der Waals surface area contributed by atoms with Gasteiger partial charge in [-0.1, -0.05) is 18.3 Å². The van der Waals surface area contributed by atoms with Gasteiger partial charge >= 0.3 is 0 Å². The van der Waals surface area contributed by atoms with Crippen molar-refractivity contribution < 1.29 is 14.3 Å². The average Bonchev–Trinajstić information content (AvgIpc) is 2.78. The minimum atomic E-state index is -0.0134. The van der Waals surface area contributed by atoms with E-state index in [0.717, 1.165) is 16.6 Å². The van der Waals surface area contributed by atoms with Crippen LogP contribution in [0.2, 0.25) is 0 Å². The van der Waals surface area contributed by atoms with Crippen LogP contribution in [0, 0.1) is 0 Å². The van der Waals surface area contributed by atoms with Crippen molar-refractivity contribution in [2.45, 2.75) is 19.8 Å². The number of carbonyl (C=O) groups is 1. The fourth-order valence-corrected chi connectivity index (χ4v) is 2.61. The molecule has 1 amide bonds. The Morgan fingerprint density at radius 2 is 2.00 bits per heavy atom. The monoisotopic (exact) mass is 280 g/mol. The number of hydrogen-bond donors (Lipinski definition) is 1. The highest BCUT2D eigenvalue weighted by Crippen LogP contribution is 2.36. The van der Waals surface area contributed by atoms with Gasteiger partial charge < -0.3 is 14.8 Å². The maximum atomic E-state index is 11.5. The van der Waals surface area contributed by atoms with Gasteiger partial charge in [0.1, 0.15) is 0 Å². The lowest BCUT2D eigenvalue weighted by molar-refractivity contribution is -0.116. The molecular formula is C13H16N2O3S. The summed E-state index contributed by atoms with van der Waals surface area (Å²) in [5.74, 6) is 1.28. The number of anilines is 1. The maximum absolute atomic E-state index is 11.5. The molecular weight excluding hydrogens is 264 g/mol. The number of thiazole rings is 1. The average molecular weight is 280 g/mol. The second-order valence-corrected chi connectivity index (χ2v) is 5.02. The summed E-state index contributed by atoms with van der Waals surface area (Å²) in [7, 11) is 3.18. The minimum absolute atomic E-state index is 0.0134. The van der Waals surface area contributed by atoms with Crippen molar-refractivity contribution in [2.75, 3.05) is 19.5 Å². The lowest BCUT2D eigenvalue weighted by Crippen LogP contribution is -2.09. The Bertz CT molecular complexity index is 554. The first-order valence-corrected chi connectivity index (χ1v) is 6.82. The van der Waals surface area contributed by atoms with E-state index < -0.39 is 0 Å². The molecule has 0 atom stereocenters. The molecule has 0 aliphatic rings. The third-order valence-electron chi connectivity index (χ3n) is 2.62. The van der Waals surface area contributed by atoms with Crippen LogP contribution in [0.4, 0.5) is 5.13 Å². The molecule has 0 unspecified atom stereocenters. The molecule has 0 spiro atoms. The molecule has 2 aromatic rings. The number of benzene rings is 1. The van der Waals surface area contributed by atoms with Crippen LogP contribution >= 0.6 is 11.3 Å². The highest BCUT2D eigenvalue weighted by molar-refractivity contribution is 7.22. The number of amides is 1. The van der Waals surface area contributed by atoms with E-state index in [1.165, 1.54) is 11.3 Å². The first-order valence-electron chi connectivity index (χ1n) is 6.00. The zero-order valence-corrected chi connectivity index (χ0v) is 12.0. The van der Waals surface area contributed by atoms with E-state index in [1.807, 2.05) is 13.0 Å². The van der Waals surface area contributed by atoms with Crippen molar-refractivity contribution in [3.05, 3.63) is 12.1 Å². The summed E-state index contributed by atoms with van der Waals surface area (Å²) in [4.78, 5) is 15.9. The molecule has 0 bridgehead atoms. The standard InChI is InChI=1S/C13H16N2O3S/c1-4-5-12(16)15-13-14-8-6-9(17-2)10(18-3)7-11(8)19-13/h6-7H,4-5H2,1-3H3,(H,14,15,16). The quantitative estimate of drug-likeness (QED) is 0.914. The van der Waals surface area contributed by atoms with Crippen molar-refractivity contribution in [1.29, 1.82) is 0 Å². The molecule has 2 rings (SSSR count). The normalized spacial score (nSPS) is 10.5. The summed E-state index contributed by atoms with van der Waals surface area (Å²) in [6.07, 6.45) is 1.32. The lowest BCUT2D eigenvalue weighted by atomic mass is 10.3. The molecule has 0 fully saturated rings. The molecule has 1 heterocycles. The van der Waals surface area contributed by atoms with Gasteiger partial charge in [-0.25, -0.2) is 4.98 Å². The molecule has 1 N–H and O–H groups in total. The van der Waals surface area contributed by atoms with Crippen molar-refractivity contribution in [1.82, 2.24) is 4.98 Å². The van der Waals surface area contributed by atoms with Crippen molar-refractivity contribution in [3.8, 4) is 11.5 Å². The highest BCUT2D eigenvalue weighted by atomic mass is 32.1. The summed E-state index contributed by atoms with van der Waals surface area (Å²) < 4.78 is 11.4. The van der Waals surface area contributed by atoms with Crippen LogP contribution in [-0.4, -0.2) is 25.1 Å². The minimum Gasteiger partial charge on any atom is -0.493 e. The number of nitrogens with zero attached hydrogens (tertiary/aromatic N) is 1.